The Morgan fingerprint density at radius 1 is 1.16 bits per heavy atom. The van der Waals surface area contributed by atoms with E-state index in [0.717, 1.165) is 57.6 Å². The molecule has 2 aromatic rings. The van der Waals surface area contributed by atoms with Crippen LogP contribution in [0.1, 0.15) is 17.5 Å². The molecule has 170 valence electrons. The number of aliphatic imine (C=N–C) groups is 1. The first-order valence-corrected chi connectivity index (χ1v) is 10.2. The van der Waals surface area contributed by atoms with Gasteiger partial charge in [0.25, 0.3) is 5.91 Å². The van der Waals surface area contributed by atoms with E-state index in [2.05, 4.69) is 9.89 Å². The summed E-state index contributed by atoms with van der Waals surface area (Å²) in [5.74, 6) is -2.66. The van der Waals surface area contributed by atoms with Crippen molar-refractivity contribution in [3.05, 3.63) is 70.9 Å². The number of primary amides is 1. The van der Waals surface area contributed by atoms with E-state index >= 15 is 0 Å². The SMILES string of the molecule is NC(=O)/C(N=Cc1c(F)cccc1F)=C(/O)c1ccc(OCCCN2CCOCC2)cc1. The fraction of sp³-hybridized carbons (Fsp3) is 0.304. The summed E-state index contributed by atoms with van der Waals surface area (Å²) in [6, 6.07) is 9.66. The van der Waals surface area contributed by atoms with Gasteiger partial charge in [-0.05, 0) is 42.8 Å². The molecular weight excluding hydrogens is 420 g/mol. The van der Waals surface area contributed by atoms with Gasteiger partial charge in [0.1, 0.15) is 17.4 Å². The molecule has 1 fully saturated rings. The van der Waals surface area contributed by atoms with Crippen LogP contribution in [0.25, 0.3) is 5.76 Å². The molecule has 7 nitrogen and oxygen atoms in total. The van der Waals surface area contributed by atoms with Crippen LogP contribution in [-0.2, 0) is 9.53 Å². The molecule has 0 aromatic heterocycles. The zero-order chi connectivity index (χ0) is 22.9. The molecular formula is C23H25F2N3O4. The Bertz CT molecular complexity index is 967. The molecule has 0 spiro atoms. The number of carbonyl (C=O) groups is 1. The maximum atomic E-state index is 13.8. The molecule has 2 aromatic carbocycles. The van der Waals surface area contributed by atoms with E-state index in [1.165, 1.54) is 18.2 Å². The van der Waals surface area contributed by atoms with Crippen LogP contribution in [0.4, 0.5) is 8.78 Å². The Balaban J connectivity index is 1.64. The number of morpholine rings is 1. The number of hydrogen-bond donors (Lipinski definition) is 2. The van der Waals surface area contributed by atoms with Crippen molar-refractivity contribution in [3.63, 3.8) is 0 Å². The van der Waals surface area contributed by atoms with Gasteiger partial charge in [-0.15, -0.1) is 0 Å². The number of hydrogen-bond acceptors (Lipinski definition) is 6. The molecule has 0 radical (unpaired) electrons. The van der Waals surface area contributed by atoms with Crippen LogP contribution in [0.3, 0.4) is 0 Å². The van der Waals surface area contributed by atoms with Gasteiger partial charge in [-0.2, -0.15) is 0 Å². The highest BCUT2D eigenvalue weighted by molar-refractivity contribution is 6.00. The summed E-state index contributed by atoms with van der Waals surface area (Å²) in [5, 5.41) is 10.4. The number of aliphatic hydroxyl groups is 1. The highest BCUT2D eigenvalue weighted by atomic mass is 19.1. The van der Waals surface area contributed by atoms with Gasteiger partial charge in [0.2, 0.25) is 0 Å². The third-order valence-electron chi connectivity index (χ3n) is 4.90. The smallest absolute Gasteiger partial charge is 0.271 e. The lowest BCUT2D eigenvalue weighted by atomic mass is 10.1. The van der Waals surface area contributed by atoms with Crippen molar-refractivity contribution in [1.82, 2.24) is 4.90 Å². The maximum Gasteiger partial charge on any atom is 0.271 e. The topological polar surface area (TPSA) is 97.4 Å². The maximum absolute atomic E-state index is 13.8. The van der Waals surface area contributed by atoms with Crippen LogP contribution >= 0.6 is 0 Å². The predicted molar refractivity (Wildman–Crippen MR) is 117 cm³/mol. The number of nitrogens with zero attached hydrogens (tertiary/aromatic N) is 2. The minimum absolute atomic E-state index is 0.255. The van der Waals surface area contributed by atoms with Gasteiger partial charge in [0.15, 0.2) is 11.5 Å². The molecule has 9 heteroatoms. The van der Waals surface area contributed by atoms with Gasteiger partial charge < -0.3 is 20.3 Å². The number of carbonyl (C=O) groups excluding carboxylic acids is 1. The minimum Gasteiger partial charge on any atom is -0.505 e. The molecule has 1 aliphatic rings. The highest BCUT2D eigenvalue weighted by Gasteiger charge is 2.14. The normalized spacial score (nSPS) is 15.6. The number of rotatable bonds is 9. The average Bonchev–Trinajstić information content (AvgIpc) is 2.79. The summed E-state index contributed by atoms with van der Waals surface area (Å²) in [5.41, 5.74) is 4.58. The van der Waals surface area contributed by atoms with Gasteiger partial charge in [-0.3, -0.25) is 9.69 Å². The van der Waals surface area contributed by atoms with Crippen LogP contribution in [-0.4, -0.2) is 61.6 Å². The Morgan fingerprint density at radius 2 is 1.81 bits per heavy atom. The summed E-state index contributed by atoms with van der Waals surface area (Å²) < 4.78 is 38.5. The third kappa shape index (κ3) is 6.35. The Morgan fingerprint density at radius 3 is 2.44 bits per heavy atom. The molecule has 3 N–H and O–H groups in total. The molecule has 1 aliphatic heterocycles. The number of amides is 1. The Labute approximate surface area is 184 Å². The molecule has 1 amide bonds. The fourth-order valence-corrected chi connectivity index (χ4v) is 3.15. The second-order valence-corrected chi connectivity index (χ2v) is 7.14. The Hall–Kier alpha value is -3.30. The van der Waals surface area contributed by atoms with Gasteiger partial charge in [-0.25, -0.2) is 13.8 Å². The summed E-state index contributed by atoms with van der Waals surface area (Å²) in [7, 11) is 0. The minimum atomic E-state index is -1.04. The first-order valence-electron chi connectivity index (χ1n) is 10.2. The predicted octanol–water partition coefficient (Wildman–Crippen LogP) is 2.90. The second-order valence-electron chi connectivity index (χ2n) is 7.14. The van der Waals surface area contributed by atoms with Crippen LogP contribution in [0, 0.1) is 11.6 Å². The number of aliphatic hydroxyl groups excluding tert-OH is 1. The number of benzene rings is 2. The molecule has 32 heavy (non-hydrogen) atoms. The van der Waals surface area contributed by atoms with E-state index in [9.17, 15) is 18.7 Å². The van der Waals surface area contributed by atoms with Crippen molar-refractivity contribution >= 4 is 17.9 Å². The summed E-state index contributed by atoms with van der Waals surface area (Å²) in [6.45, 7) is 4.82. The van der Waals surface area contributed by atoms with Gasteiger partial charge >= 0.3 is 0 Å². The van der Waals surface area contributed by atoms with E-state index in [0.29, 0.717) is 12.4 Å². The summed E-state index contributed by atoms with van der Waals surface area (Å²) in [6.07, 6.45) is 1.67. The number of nitrogens with two attached hydrogens (primary N) is 1. The first kappa shape index (κ1) is 23.4. The summed E-state index contributed by atoms with van der Waals surface area (Å²) in [4.78, 5) is 17.8. The largest absolute Gasteiger partial charge is 0.505 e. The lowest BCUT2D eigenvalue weighted by molar-refractivity contribution is -0.114. The van der Waals surface area contributed by atoms with E-state index in [1.54, 1.807) is 12.1 Å². The molecule has 0 aliphatic carbocycles. The second kappa shape index (κ2) is 11.4. The zero-order valence-electron chi connectivity index (χ0n) is 17.5. The first-order chi connectivity index (χ1) is 15.5. The van der Waals surface area contributed by atoms with Crippen LogP contribution < -0.4 is 10.5 Å². The summed E-state index contributed by atoms with van der Waals surface area (Å²) >= 11 is 0. The van der Waals surface area contributed by atoms with E-state index in [-0.39, 0.29) is 5.56 Å². The molecule has 1 heterocycles. The molecule has 1 saturated heterocycles. The molecule has 0 bridgehead atoms. The van der Waals surface area contributed by atoms with Crippen molar-refractivity contribution < 1.29 is 28.2 Å². The average molecular weight is 445 g/mol. The lowest BCUT2D eigenvalue weighted by Gasteiger charge is -2.26. The number of halogens is 2. The highest BCUT2D eigenvalue weighted by Crippen LogP contribution is 2.21. The van der Waals surface area contributed by atoms with Crippen LogP contribution in [0.2, 0.25) is 0 Å². The molecule has 0 saturated carbocycles. The quantitative estimate of drug-likeness (QED) is 0.268. The van der Waals surface area contributed by atoms with Crippen molar-refractivity contribution in [2.75, 3.05) is 39.5 Å². The van der Waals surface area contributed by atoms with Crippen LogP contribution in [0.5, 0.6) is 5.75 Å². The van der Waals surface area contributed by atoms with E-state index in [1.807, 2.05) is 0 Å². The Kier molecular flexibility index (Phi) is 8.29. The molecule has 0 unspecified atom stereocenters. The van der Waals surface area contributed by atoms with Crippen molar-refractivity contribution in [3.8, 4) is 5.75 Å². The molecule has 3 rings (SSSR count). The van der Waals surface area contributed by atoms with Crippen molar-refractivity contribution in [2.45, 2.75) is 6.42 Å². The van der Waals surface area contributed by atoms with E-state index in [4.69, 9.17) is 15.2 Å². The van der Waals surface area contributed by atoms with E-state index < -0.39 is 34.6 Å². The molecule has 0 atom stereocenters. The monoisotopic (exact) mass is 445 g/mol. The lowest BCUT2D eigenvalue weighted by Crippen LogP contribution is -2.37. The van der Waals surface area contributed by atoms with Crippen molar-refractivity contribution in [1.29, 1.82) is 0 Å². The van der Waals surface area contributed by atoms with Crippen LogP contribution in [0.15, 0.2) is 53.2 Å². The van der Waals surface area contributed by atoms with Crippen molar-refractivity contribution in [2.24, 2.45) is 10.7 Å². The van der Waals surface area contributed by atoms with Gasteiger partial charge in [0.05, 0.1) is 25.4 Å². The van der Waals surface area contributed by atoms with Gasteiger partial charge in [0, 0.05) is 31.4 Å². The standard InChI is InChI=1S/C23H25F2N3O4/c24-19-3-1-4-20(25)18(19)15-27-21(23(26)30)22(29)16-5-7-17(8-6-16)32-12-2-9-28-10-13-31-14-11-28/h1,3-8,15,29H,2,9-14H2,(H2,26,30)/b22-21-,27-15?. The van der Waals surface area contributed by atoms with Gasteiger partial charge in [-0.1, -0.05) is 6.07 Å². The zero-order valence-corrected chi connectivity index (χ0v) is 17.5. The fourth-order valence-electron chi connectivity index (χ4n) is 3.15. The number of ether oxygens (including phenoxy) is 2. The third-order valence-corrected chi connectivity index (χ3v) is 4.90.